The molecule has 108 valence electrons. The summed E-state index contributed by atoms with van der Waals surface area (Å²) in [5.74, 6) is 0.722. The number of rotatable bonds is 6. The maximum Gasteiger partial charge on any atom is 0.144 e. The second kappa shape index (κ2) is 6.32. The number of nitrogen functional groups attached to an aromatic ring is 1. The van der Waals surface area contributed by atoms with Crippen molar-refractivity contribution in [3.8, 4) is 5.75 Å². The summed E-state index contributed by atoms with van der Waals surface area (Å²) in [6, 6.07) is 6.05. The van der Waals surface area contributed by atoms with E-state index in [1.807, 2.05) is 49.1 Å². The highest BCUT2D eigenvalue weighted by Gasteiger charge is 2.07. The lowest BCUT2D eigenvalue weighted by molar-refractivity contribution is 0.244. The first-order valence-corrected chi connectivity index (χ1v) is 6.83. The van der Waals surface area contributed by atoms with Crippen molar-refractivity contribution in [3.05, 3.63) is 36.9 Å². The van der Waals surface area contributed by atoms with Gasteiger partial charge in [0.05, 0.1) is 18.1 Å². The third-order valence-corrected chi connectivity index (χ3v) is 2.83. The number of nitrogens with one attached hydrogen (secondary N) is 1. The van der Waals surface area contributed by atoms with Crippen molar-refractivity contribution >= 4 is 11.4 Å². The van der Waals surface area contributed by atoms with Crippen LogP contribution >= 0.6 is 0 Å². The van der Waals surface area contributed by atoms with Crippen LogP contribution in [-0.2, 0) is 6.54 Å². The zero-order valence-electron chi connectivity index (χ0n) is 12.2. The highest BCUT2D eigenvalue weighted by atomic mass is 16.5. The molecule has 1 atom stereocenters. The Bertz CT molecular complexity index is 537. The maximum atomic E-state index is 5.91. The summed E-state index contributed by atoms with van der Waals surface area (Å²) >= 11 is 0. The highest BCUT2D eigenvalue weighted by Crippen LogP contribution is 2.26. The van der Waals surface area contributed by atoms with Crippen LogP contribution in [0.15, 0.2) is 36.9 Å². The van der Waals surface area contributed by atoms with Crippen molar-refractivity contribution in [3.63, 3.8) is 0 Å². The molecule has 0 radical (unpaired) electrons. The first kappa shape index (κ1) is 14.2. The summed E-state index contributed by atoms with van der Waals surface area (Å²) < 4.78 is 7.74. The highest BCUT2D eigenvalue weighted by molar-refractivity contribution is 5.61. The van der Waals surface area contributed by atoms with Gasteiger partial charge in [-0.15, -0.1) is 0 Å². The lowest BCUT2D eigenvalue weighted by atomic mass is 10.2. The molecule has 0 bridgehead atoms. The van der Waals surface area contributed by atoms with Crippen molar-refractivity contribution in [2.75, 3.05) is 11.1 Å². The van der Waals surface area contributed by atoms with Crippen LogP contribution in [0.4, 0.5) is 11.4 Å². The van der Waals surface area contributed by atoms with Crippen molar-refractivity contribution < 1.29 is 4.74 Å². The van der Waals surface area contributed by atoms with E-state index < -0.39 is 0 Å². The van der Waals surface area contributed by atoms with E-state index in [0.717, 1.165) is 18.0 Å². The number of ether oxygens (including phenoxy) is 1. The molecule has 5 nitrogen and oxygen atoms in total. The Kier molecular flexibility index (Phi) is 4.50. The van der Waals surface area contributed by atoms with E-state index in [2.05, 4.69) is 17.2 Å². The fourth-order valence-corrected chi connectivity index (χ4v) is 2.02. The fourth-order valence-electron chi connectivity index (χ4n) is 2.02. The number of nitrogens with two attached hydrogens (primary N) is 1. The zero-order chi connectivity index (χ0) is 14.5. The van der Waals surface area contributed by atoms with Crippen LogP contribution in [0.1, 0.15) is 20.8 Å². The predicted molar refractivity (Wildman–Crippen MR) is 81.9 cm³/mol. The van der Waals surface area contributed by atoms with E-state index in [-0.39, 0.29) is 12.1 Å². The number of aromatic nitrogens is 2. The first-order chi connectivity index (χ1) is 9.54. The molecule has 1 aromatic carbocycles. The van der Waals surface area contributed by atoms with Gasteiger partial charge in [-0.25, -0.2) is 4.98 Å². The Morgan fingerprint density at radius 1 is 1.35 bits per heavy atom. The normalized spacial score (nSPS) is 12.4. The molecule has 1 heterocycles. The minimum absolute atomic E-state index is 0.107. The molecule has 0 amide bonds. The first-order valence-electron chi connectivity index (χ1n) is 6.83. The van der Waals surface area contributed by atoms with Gasteiger partial charge >= 0.3 is 0 Å². The van der Waals surface area contributed by atoms with Crippen molar-refractivity contribution in [2.24, 2.45) is 0 Å². The van der Waals surface area contributed by atoms with Crippen molar-refractivity contribution in [2.45, 2.75) is 39.5 Å². The van der Waals surface area contributed by atoms with Crippen LogP contribution in [0.2, 0.25) is 0 Å². The molecule has 1 aromatic heterocycles. The maximum absolute atomic E-state index is 5.91. The Labute approximate surface area is 119 Å². The van der Waals surface area contributed by atoms with E-state index in [1.54, 1.807) is 6.20 Å². The Hall–Kier alpha value is -2.17. The number of hydrogen-bond donors (Lipinski definition) is 2. The monoisotopic (exact) mass is 274 g/mol. The van der Waals surface area contributed by atoms with Crippen LogP contribution in [-0.4, -0.2) is 21.7 Å². The molecule has 0 saturated carbocycles. The van der Waals surface area contributed by atoms with Gasteiger partial charge in [0, 0.05) is 36.7 Å². The quantitative estimate of drug-likeness (QED) is 0.795. The number of imidazole rings is 1. The van der Waals surface area contributed by atoms with E-state index in [4.69, 9.17) is 10.5 Å². The average molecular weight is 274 g/mol. The molecule has 0 spiro atoms. The molecule has 3 N–H and O–H groups in total. The summed E-state index contributed by atoms with van der Waals surface area (Å²) in [5.41, 5.74) is 7.57. The van der Waals surface area contributed by atoms with Crippen LogP contribution in [0.3, 0.4) is 0 Å². The summed E-state index contributed by atoms with van der Waals surface area (Å²) in [7, 11) is 0. The number of benzene rings is 1. The third kappa shape index (κ3) is 3.91. The molecular weight excluding hydrogens is 252 g/mol. The van der Waals surface area contributed by atoms with Crippen LogP contribution < -0.4 is 15.8 Å². The molecular formula is C15H22N4O. The number of nitrogens with zero attached hydrogens (tertiary/aromatic N) is 2. The molecule has 0 aliphatic rings. The molecule has 5 heteroatoms. The topological polar surface area (TPSA) is 65.1 Å². The average Bonchev–Trinajstić information content (AvgIpc) is 2.85. The van der Waals surface area contributed by atoms with Gasteiger partial charge in [-0.1, -0.05) is 0 Å². The van der Waals surface area contributed by atoms with E-state index in [9.17, 15) is 0 Å². The predicted octanol–water partition coefficient (Wildman–Crippen LogP) is 2.75. The Morgan fingerprint density at radius 2 is 2.15 bits per heavy atom. The lowest BCUT2D eigenvalue weighted by Crippen LogP contribution is -2.21. The molecule has 0 aliphatic heterocycles. The van der Waals surface area contributed by atoms with E-state index in [1.165, 1.54) is 0 Å². The molecule has 20 heavy (non-hydrogen) atoms. The molecule has 0 aliphatic carbocycles. The number of anilines is 2. The van der Waals surface area contributed by atoms with Gasteiger partial charge in [0.25, 0.3) is 0 Å². The van der Waals surface area contributed by atoms with Gasteiger partial charge in [-0.3, -0.25) is 0 Å². The molecule has 0 saturated heterocycles. The standard InChI is InChI=1S/C15H22N4O/c1-11(2)20-15-8-13(4-5-14(15)16)18-12(3)9-19-7-6-17-10-19/h4-8,10-12,18H,9,16H2,1-3H3. The van der Waals surface area contributed by atoms with Gasteiger partial charge in [-0.2, -0.15) is 0 Å². The summed E-state index contributed by atoms with van der Waals surface area (Å²) in [5, 5.41) is 3.44. The summed E-state index contributed by atoms with van der Waals surface area (Å²) in [6.45, 7) is 6.95. The van der Waals surface area contributed by atoms with Crippen molar-refractivity contribution in [1.29, 1.82) is 0 Å². The smallest absolute Gasteiger partial charge is 0.144 e. The minimum atomic E-state index is 0.107. The second-order valence-electron chi connectivity index (χ2n) is 5.22. The van der Waals surface area contributed by atoms with Gasteiger partial charge in [0.2, 0.25) is 0 Å². The van der Waals surface area contributed by atoms with Crippen LogP contribution in [0.25, 0.3) is 0 Å². The van der Waals surface area contributed by atoms with E-state index >= 15 is 0 Å². The second-order valence-corrected chi connectivity index (χ2v) is 5.22. The van der Waals surface area contributed by atoms with E-state index in [0.29, 0.717) is 5.69 Å². The van der Waals surface area contributed by atoms with Gasteiger partial charge in [-0.05, 0) is 32.9 Å². The van der Waals surface area contributed by atoms with Crippen LogP contribution in [0, 0.1) is 0 Å². The Morgan fingerprint density at radius 3 is 2.80 bits per heavy atom. The van der Waals surface area contributed by atoms with Gasteiger partial charge in [0.1, 0.15) is 5.75 Å². The summed E-state index contributed by atoms with van der Waals surface area (Å²) in [6.07, 6.45) is 5.66. The third-order valence-electron chi connectivity index (χ3n) is 2.83. The Balaban J connectivity index is 2.01. The summed E-state index contributed by atoms with van der Waals surface area (Å²) in [4.78, 5) is 4.04. The van der Waals surface area contributed by atoms with Crippen molar-refractivity contribution in [1.82, 2.24) is 9.55 Å². The van der Waals surface area contributed by atoms with Gasteiger partial charge < -0.3 is 20.4 Å². The van der Waals surface area contributed by atoms with Gasteiger partial charge in [0.15, 0.2) is 0 Å². The zero-order valence-corrected chi connectivity index (χ0v) is 12.2. The molecule has 2 rings (SSSR count). The lowest BCUT2D eigenvalue weighted by Gasteiger charge is -2.18. The molecule has 0 fully saturated rings. The largest absolute Gasteiger partial charge is 0.489 e. The SMILES string of the molecule is CC(Cn1ccnc1)Nc1ccc(N)c(OC(C)C)c1. The molecule has 1 unspecified atom stereocenters. The fraction of sp³-hybridized carbons (Fsp3) is 0.400. The van der Waals surface area contributed by atoms with Crippen LogP contribution in [0.5, 0.6) is 5.75 Å². The minimum Gasteiger partial charge on any atom is -0.489 e. The number of hydrogen-bond acceptors (Lipinski definition) is 4. The molecule has 2 aromatic rings.